The van der Waals surface area contributed by atoms with Gasteiger partial charge in [-0.05, 0) is 38.4 Å². The molecule has 0 aliphatic carbocycles. The molecule has 1 fully saturated rings. The molecule has 0 bridgehead atoms. The molecule has 1 aliphatic heterocycles. The molecule has 2 rings (SSSR count). The third-order valence-corrected chi connectivity index (χ3v) is 3.96. The number of rotatable bonds is 5. The van der Waals surface area contributed by atoms with Crippen LogP contribution in [0.1, 0.15) is 24.8 Å². The van der Waals surface area contributed by atoms with Crippen LogP contribution in [0.4, 0.5) is 5.82 Å². The molecule has 1 aromatic heterocycles. The zero-order valence-electron chi connectivity index (χ0n) is 12.0. The van der Waals surface area contributed by atoms with Crippen LogP contribution in [-0.2, 0) is 0 Å². The van der Waals surface area contributed by atoms with Crippen molar-refractivity contribution >= 4 is 5.82 Å². The molecule has 108 valence electrons. The van der Waals surface area contributed by atoms with Crippen LogP contribution >= 0.6 is 0 Å². The molecule has 0 unspecified atom stereocenters. The number of piperidine rings is 1. The molecule has 1 aromatic rings. The Bertz CT molecular complexity index is 463. The second-order valence-electron chi connectivity index (χ2n) is 5.26. The van der Waals surface area contributed by atoms with E-state index in [-0.39, 0.29) is 6.61 Å². The summed E-state index contributed by atoms with van der Waals surface area (Å²) in [5, 5.41) is 18.0. The van der Waals surface area contributed by atoms with Crippen LogP contribution < -0.4 is 4.90 Å². The van der Waals surface area contributed by atoms with E-state index in [0.29, 0.717) is 11.6 Å². The fourth-order valence-corrected chi connectivity index (χ4v) is 2.76. The molecule has 5 heteroatoms. The Kier molecular flexibility index (Phi) is 5.33. The van der Waals surface area contributed by atoms with Crippen molar-refractivity contribution in [3.63, 3.8) is 0 Å². The van der Waals surface area contributed by atoms with Gasteiger partial charge in [0, 0.05) is 38.5 Å². The predicted molar refractivity (Wildman–Crippen MR) is 78.5 cm³/mol. The van der Waals surface area contributed by atoms with E-state index in [9.17, 15) is 0 Å². The maximum absolute atomic E-state index is 9.14. The smallest absolute Gasteiger partial charge is 0.146 e. The molecule has 2 heterocycles. The van der Waals surface area contributed by atoms with Crippen LogP contribution in [0.15, 0.2) is 18.3 Å². The number of hydrogen-bond donors (Lipinski definition) is 1. The lowest BCUT2D eigenvalue weighted by atomic mass is 10.0. The first kappa shape index (κ1) is 14.8. The van der Waals surface area contributed by atoms with Gasteiger partial charge in [-0.1, -0.05) is 0 Å². The first-order chi connectivity index (χ1) is 9.76. The lowest BCUT2D eigenvalue weighted by Gasteiger charge is -2.37. The van der Waals surface area contributed by atoms with E-state index in [2.05, 4.69) is 27.9 Å². The largest absolute Gasteiger partial charge is 0.396 e. The molecule has 0 spiro atoms. The highest BCUT2D eigenvalue weighted by molar-refractivity contribution is 5.53. The molecule has 0 radical (unpaired) electrons. The van der Waals surface area contributed by atoms with Gasteiger partial charge in [0.25, 0.3) is 0 Å². The molecule has 5 nitrogen and oxygen atoms in total. The number of aliphatic hydroxyl groups is 1. The predicted octanol–water partition coefficient (Wildman–Crippen LogP) is 1.24. The van der Waals surface area contributed by atoms with Gasteiger partial charge < -0.3 is 14.9 Å². The Labute approximate surface area is 120 Å². The van der Waals surface area contributed by atoms with E-state index in [1.165, 1.54) is 0 Å². The Morgan fingerprint density at radius 2 is 2.25 bits per heavy atom. The van der Waals surface area contributed by atoms with Crippen molar-refractivity contribution in [1.29, 1.82) is 5.26 Å². The van der Waals surface area contributed by atoms with Crippen LogP contribution in [0.3, 0.4) is 0 Å². The van der Waals surface area contributed by atoms with Crippen molar-refractivity contribution in [1.82, 2.24) is 9.88 Å². The van der Waals surface area contributed by atoms with Crippen LogP contribution in [0.5, 0.6) is 0 Å². The minimum atomic E-state index is 0.253. The van der Waals surface area contributed by atoms with Crippen LogP contribution in [0.25, 0.3) is 0 Å². The van der Waals surface area contributed by atoms with E-state index in [4.69, 9.17) is 10.4 Å². The van der Waals surface area contributed by atoms with Gasteiger partial charge in [0.15, 0.2) is 0 Å². The number of aliphatic hydroxyl groups excluding tert-OH is 1. The Balaban J connectivity index is 1.93. The lowest BCUT2D eigenvalue weighted by Crippen LogP contribution is -2.44. The van der Waals surface area contributed by atoms with Gasteiger partial charge in [-0.25, -0.2) is 4.98 Å². The first-order valence-corrected chi connectivity index (χ1v) is 7.17. The van der Waals surface area contributed by atoms with Crippen molar-refractivity contribution in [3.8, 4) is 6.07 Å². The monoisotopic (exact) mass is 274 g/mol. The van der Waals surface area contributed by atoms with E-state index >= 15 is 0 Å². The highest BCUT2D eigenvalue weighted by Gasteiger charge is 2.24. The van der Waals surface area contributed by atoms with Crippen molar-refractivity contribution in [2.24, 2.45) is 0 Å². The standard InChI is InChI=1S/C15H22N4O/c1-18(8-3-11-20)14-5-9-19(10-6-14)15-13(12-16)4-2-7-17-15/h2,4,7,14,20H,3,5-6,8-11H2,1H3. The maximum atomic E-state index is 9.14. The average molecular weight is 274 g/mol. The number of anilines is 1. The quantitative estimate of drug-likeness (QED) is 0.875. The fourth-order valence-electron chi connectivity index (χ4n) is 2.76. The summed E-state index contributed by atoms with van der Waals surface area (Å²) < 4.78 is 0. The second-order valence-corrected chi connectivity index (χ2v) is 5.26. The lowest BCUT2D eigenvalue weighted by molar-refractivity contribution is 0.184. The highest BCUT2D eigenvalue weighted by atomic mass is 16.3. The zero-order valence-corrected chi connectivity index (χ0v) is 12.0. The SMILES string of the molecule is CN(CCCO)C1CCN(c2ncccc2C#N)CC1. The highest BCUT2D eigenvalue weighted by Crippen LogP contribution is 2.23. The summed E-state index contributed by atoms with van der Waals surface area (Å²) in [6.45, 7) is 3.05. The summed E-state index contributed by atoms with van der Waals surface area (Å²) >= 11 is 0. The molecule has 0 amide bonds. The summed E-state index contributed by atoms with van der Waals surface area (Å²) in [7, 11) is 2.12. The molecule has 0 atom stereocenters. The molecule has 0 aromatic carbocycles. The molecule has 0 saturated carbocycles. The third kappa shape index (κ3) is 3.47. The maximum Gasteiger partial charge on any atom is 0.146 e. The minimum Gasteiger partial charge on any atom is -0.396 e. The molecule has 1 N–H and O–H groups in total. The Morgan fingerprint density at radius 1 is 1.50 bits per heavy atom. The number of nitriles is 1. The Hall–Kier alpha value is -1.64. The van der Waals surface area contributed by atoms with Gasteiger partial charge in [0.1, 0.15) is 11.9 Å². The van der Waals surface area contributed by atoms with Gasteiger partial charge >= 0.3 is 0 Å². The van der Waals surface area contributed by atoms with Crippen LogP contribution in [0.2, 0.25) is 0 Å². The fraction of sp³-hybridized carbons (Fsp3) is 0.600. The molecule has 1 saturated heterocycles. The molecule has 1 aliphatic rings. The topological polar surface area (TPSA) is 63.4 Å². The third-order valence-electron chi connectivity index (χ3n) is 3.96. The van der Waals surface area contributed by atoms with Gasteiger partial charge in [-0.15, -0.1) is 0 Å². The summed E-state index contributed by atoms with van der Waals surface area (Å²) in [6.07, 6.45) is 4.72. The minimum absolute atomic E-state index is 0.253. The summed E-state index contributed by atoms with van der Waals surface area (Å²) in [6, 6.07) is 6.40. The van der Waals surface area contributed by atoms with Gasteiger partial charge in [0.05, 0.1) is 5.56 Å². The van der Waals surface area contributed by atoms with Crippen molar-refractivity contribution in [3.05, 3.63) is 23.9 Å². The molecule has 20 heavy (non-hydrogen) atoms. The van der Waals surface area contributed by atoms with Crippen LogP contribution in [-0.4, -0.2) is 54.3 Å². The van der Waals surface area contributed by atoms with Crippen LogP contribution in [0, 0.1) is 11.3 Å². The summed E-state index contributed by atoms with van der Waals surface area (Å²) in [4.78, 5) is 8.88. The van der Waals surface area contributed by atoms with Crippen molar-refractivity contribution in [2.45, 2.75) is 25.3 Å². The first-order valence-electron chi connectivity index (χ1n) is 7.17. The van der Waals surface area contributed by atoms with E-state index in [1.54, 1.807) is 12.3 Å². The van der Waals surface area contributed by atoms with E-state index in [1.807, 2.05) is 6.07 Å². The summed E-state index contributed by atoms with van der Waals surface area (Å²) in [5.74, 6) is 0.812. The second kappa shape index (κ2) is 7.22. The number of nitrogens with zero attached hydrogens (tertiary/aromatic N) is 4. The molecular weight excluding hydrogens is 252 g/mol. The van der Waals surface area contributed by atoms with Crippen molar-refractivity contribution < 1.29 is 5.11 Å². The number of pyridine rings is 1. The van der Waals surface area contributed by atoms with Gasteiger partial charge in [-0.2, -0.15) is 5.26 Å². The van der Waals surface area contributed by atoms with E-state index < -0.39 is 0 Å². The van der Waals surface area contributed by atoms with Crippen molar-refractivity contribution in [2.75, 3.05) is 38.2 Å². The average Bonchev–Trinajstić information content (AvgIpc) is 2.52. The van der Waals surface area contributed by atoms with E-state index in [0.717, 1.165) is 44.7 Å². The normalized spacial score (nSPS) is 16.4. The Morgan fingerprint density at radius 3 is 2.90 bits per heavy atom. The number of aromatic nitrogens is 1. The van der Waals surface area contributed by atoms with Gasteiger partial charge in [-0.3, -0.25) is 0 Å². The number of hydrogen-bond acceptors (Lipinski definition) is 5. The van der Waals surface area contributed by atoms with Gasteiger partial charge in [0.2, 0.25) is 0 Å². The zero-order chi connectivity index (χ0) is 14.4. The molecular formula is C15H22N4O. The summed E-state index contributed by atoms with van der Waals surface area (Å²) in [5.41, 5.74) is 0.652.